The van der Waals surface area contributed by atoms with Gasteiger partial charge in [-0.3, -0.25) is 0 Å². The van der Waals surface area contributed by atoms with Crippen molar-refractivity contribution in [1.82, 2.24) is 4.31 Å². The first-order chi connectivity index (χ1) is 6.98. The van der Waals surface area contributed by atoms with Gasteiger partial charge in [0.25, 0.3) is 0 Å². The van der Waals surface area contributed by atoms with Crippen molar-refractivity contribution in [3.05, 3.63) is 0 Å². The summed E-state index contributed by atoms with van der Waals surface area (Å²) in [6.45, 7) is 4.81. The van der Waals surface area contributed by atoms with Crippen LogP contribution in [-0.4, -0.2) is 36.9 Å². The smallest absolute Gasteiger partial charge is 0.212 e. The largest absolute Gasteiger partial charge is 0.216 e. The Bertz CT molecular complexity index is 288. The second-order valence-corrected chi connectivity index (χ2v) is 7.30. The zero-order valence-electron chi connectivity index (χ0n) is 9.45. The van der Waals surface area contributed by atoms with E-state index in [0.29, 0.717) is 24.9 Å². The molecule has 1 atom stereocenters. The molecule has 3 nitrogen and oxygen atoms in total. The van der Waals surface area contributed by atoms with Gasteiger partial charge in [-0.25, -0.2) is 12.7 Å². The summed E-state index contributed by atoms with van der Waals surface area (Å²) in [5.41, 5.74) is 0. The maximum Gasteiger partial charge on any atom is 0.216 e. The van der Waals surface area contributed by atoms with Crippen molar-refractivity contribution in [3.63, 3.8) is 0 Å². The van der Waals surface area contributed by atoms with E-state index >= 15 is 0 Å². The molecule has 1 heterocycles. The number of sulfonamides is 1. The van der Waals surface area contributed by atoms with Crippen molar-refractivity contribution in [2.75, 3.05) is 19.0 Å². The second kappa shape index (κ2) is 5.51. The first-order valence-corrected chi connectivity index (χ1v) is 7.57. The van der Waals surface area contributed by atoms with E-state index in [4.69, 9.17) is 11.6 Å². The molecule has 0 aliphatic carbocycles. The van der Waals surface area contributed by atoms with E-state index < -0.39 is 10.0 Å². The third-order valence-corrected chi connectivity index (χ3v) is 5.42. The molecule has 1 aliphatic rings. The third kappa shape index (κ3) is 3.33. The van der Waals surface area contributed by atoms with Gasteiger partial charge in [0.15, 0.2) is 0 Å². The summed E-state index contributed by atoms with van der Waals surface area (Å²) in [4.78, 5) is 0. The van der Waals surface area contributed by atoms with Gasteiger partial charge in [0.05, 0.1) is 5.25 Å². The minimum absolute atomic E-state index is 0.313. The lowest BCUT2D eigenvalue weighted by Gasteiger charge is -2.32. The summed E-state index contributed by atoms with van der Waals surface area (Å²) in [7, 11) is -3.06. The minimum atomic E-state index is -3.06. The van der Waals surface area contributed by atoms with Crippen LogP contribution in [-0.2, 0) is 10.0 Å². The summed E-state index contributed by atoms with van der Waals surface area (Å²) in [5.74, 6) is 1.07. The highest BCUT2D eigenvalue weighted by Crippen LogP contribution is 2.23. The maximum absolute atomic E-state index is 11.9. The van der Waals surface area contributed by atoms with E-state index in [1.165, 1.54) is 0 Å². The summed E-state index contributed by atoms with van der Waals surface area (Å²) < 4.78 is 25.5. The van der Waals surface area contributed by atoms with Crippen LogP contribution in [0.2, 0.25) is 0 Å². The van der Waals surface area contributed by atoms with Gasteiger partial charge in [-0.1, -0.05) is 0 Å². The number of nitrogens with zero attached hydrogens (tertiary/aromatic N) is 1. The van der Waals surface area contributed by atoms with Crippen molar-refractivity contribution in [3.8, 4) is 0 Å². The van der Waals surface area contributed by atoms with Gasteiger partial charge in [0.2, 0.25) is 10.0 Å². The second-order valence-electron chi connectivity index (χ2n) is 4.44. The van der Waals surface area contributed by atoms with Crippen LogP contribution in [0.25, 0.3) is 0 Å². The molecular formula is C10H20ClNO2S. The Morgan fingerprint density at radius 3 is 2.67 bits per heavy atom. The molecule has 15 heavy (non-hydrogen) atoms. The van der Waals surface area contributed by atoms with Gasteiger partial charge >= 0.3 is 0 Å². The van der Waals surface area contributed by atoms with Crippen molar-refractivity contribution in [2.45, 2.75) is 38.4 Å². The zero-order chi connectivity index (χ0) is 11.5. The molecule has 1 saturated heterocycles. The minimum Gasteiger partial charge on any atom is -0.212 e. The molecule has 0 aromatic rings. The van der Waals surface area contributed by atoms with Gasteiger partial charge in [-0.2, -0.15) is 0 Å². The molecule has 0 N–H and O–H groups in total. The Morgan fingerprint density at radius 2 is 2.13 bits per heavy atom. The number of hydrogen-bond acceptors (Lipinski definition) is 2. The van der Waals surface area contributed by atoms with Crippen LogP contribution in [0, 0.1) is 5.92 Å². The number of rotatable bonds is 4. The zero-order valence-corrected chi connectivity index (χ0v) is 11.0. The molecule has 1 unspecified atom stereocenters. The number of piperidine rings is 1. The molecule has 1 aliphatic heterocycles. The van der Waals surface area contributed by atoms with Crippen molar-refractivity contribution in [1.29, 1.82) is 0 Å². The summed E-state index contributed by atoms with van der Waals surface area (Å²) >= 11 is 5.69. The van der Waals surface area contributed by atoms with E-state index in [9.17, 15) is 8.42 Å². The Morgan fingerprint density at radius 1 is 1.47 bits per heavy atom. The highest BCUT2D eigenvalue weighted by atomic mass is 35.5. The van der Waals surface area contributed by atoms with Crippen LogP contribution in [0.5, 0.6) is 0 Å². The maximum atomic E-state index is 11.9. The SMILES string of the molecule is CC(C)S(=O)(=O)N1CCCC(CCCl)C1. The Labute approximate surface area is 97.8 Å². The van der Waals surface area contributed by atoms with Gasteiger partial charge in [-0.05, 0) is 39.0 Å². The van der Waals surface area contributed by atoms with Crippen molar-refractivity contribution in [2.24, 2.45) is 5.92 Å². The molecule has 0 spiro atoms. The van der Waals surface area contributed by atoms with Crippen LogP contribution in [0.15, 0.2) is 0 Å². The summed E-state index contributed by atoms with van der Waals surface area (Å²) in [5, 5.41) is -0.313. The third-order valence-electron chi connectivity index (χ3n) is 2.95. The topological polar surface area (TPSA) is 37.4 Å². The van der Waals surface area contributed by atoms with E-state index in [1.807, 2.05) is 0 Å². The van der Waals surface area contributed by atoms with Crippen LogP contribution < -0.4 is 0 Å². The Hall–Kier alpha value is 0.200. The molecule has 90 valence electrons. The predicted octanol–water partition coefficient (Wildman–Crippen LogP) is 2.07. The predicted molar refractivity (Wildman–Crippen MR) is 63.7 cm³/mol. The molecule has 0 saturated carbocycles. The highest BCUT2D eigenvalue weighted by molar-refractivity contribution is 7.89. The van der Waals surface area contributed by atoms with Gasteiger partial charge in [0, 0.05) is 19.0 Å². The Balaban J connectivity index is 2.64. The lowest BCUT2D eigenvalue weighted by Crippen LogP contribution is -2.43. The van der Waals surface area contributed by atoms with Crippen molar-refractivity contribution < 1.29 is 8.42 Å². The average Bonchev–Trinajstić information content (AvgIpc) is 2.18. The molecule has 0 amide bonds. The van der Waals surface area contributed by atoms with E-state index in [2.05, 4.69) is 0 Å². The fourth-order valence-corrected chi connectivity index (χ4v) is 3.65. The molecule has 1 fully saturated rings. The lowest BCUT2D eigenvalue weighted by molar-refractivity contribution is 0.261. The fraction of sp³-hybridized carbons (Fsp3) is 1.00. The fourth-order valence-electron chi connectivity index (χ4n) is 1.95. The first kappa shape index (κ1) is 13.3. The molecule has 5 heteroatoms. The Kier molecular flexibility index (Phi) is 4.87. The highest BCUT2D eigenvalue weighted by Gasteiger charge is 2.30. The van der Waals surface area contributed by atoms with Crippen LogP contribution >= 0.6 is 11.6 Å². The van der Waals surface area contributed by atoms with E-state index in [0.717, 1.165) is 19.3 Å². The standard InChI is InChI=1S/C10H20ClNO2S/c1-9(2)15(13,14)12-7-3-4-10(8-12)5-6-11/h9-10H,3-8H2,1-2H3. The normalized spacial score (nSPS) is 24.7. The van der Waals surface area contributed by atoms with E-state index in [1.54, 1.807) is 18.2 Å². The molecule has 0 radical (unpaired) electrons. The molecule has 1 rings (SSSR count). The van der Waals surface area contributed by atoms with Gasteiger partial charge in [0.1, 0.15) is 0 Å². The summed E-state index contributed by atoms with van der Waals surface area (Å²) in [6, 6.07) is 0. The number of hydrogen-bond donors (Lipinski definition) is 0. The van der Waals surface area contributed by atoms with Crippen LogP contribution in [0.1, 0.15) is 33.1 Å². The molecule has 0 aromatic carbocycles. The molecule has 0 aromatic heterocycles. The monoisotopic (exact) mass is 253 g/mol. The lowest BCUT2D eigenvalue weighted by atomic mass is 9.97. The van der Waals surface area contributed by atoms with Crippen LogP contribution in [0.4, 0.5) is 0 Å². The summed E-state index contributed by atoms with van der Waals surface area (Å²) in [6.07, 6.45) is 3.00. The first-order valence-electron chi connectivity index (χ1n) is 5.53. The number of halogens is 1. The molecule has 0 bridgehead atoms. The van der Waals surface area contributed by atoms with Gasteiger partial charge in [-0.15, -0.1) is 11.6 Å². The molecular weight excluding hydrogens is 234 g/mol. The van der Waals surface area contributed by atoms with E-state index in [-0.39, 0.29) is 5.25 Å². The quantitative estimate of drug-likeness (QED) is 0.720. The average molecular weight is 254 g/mol. The van der Waals surface area contributed by atoms with Crippen LogP contribution in [0.3, 0.4) is 0 Å². The van der Waals surface area contributed by atoms with Gasteiger partial charge < -0.3 is 0 Å². The number of alkyl halides is 1. The van der Waals surface area contributed by atoms with Crippen molar-refractivity contribution >= 4 is 21.6 Å².